The van der Waals surface area contributed by atoms with Gasteiger partial charge in [0.05, 0.1) is 12.5 Å². The molecule has 1 aromatic rings. The molecule has 1 aliphatic heterocycles. The molecule has 2 saturated carbocycles. The van der Waals surface area contributed by atoms with Gasteiger partial charge in [0.25, 0.3) is 5.91 Å². The van der Waals surface area contributed by atoms with E-state index >= 15 is 0 Å². The van der Waals surface area contributed by atoms with E-state index in [1.807, 2.05) is 4.90 Å². The number of hydrogen-bond donors (Lipinski definition) is 1. The van der Waals surface area contributed by atoms with Crippen molar-refractivity contribution < 1.29 is 14.0 Å². The van der Waals surface area contributed by atoms with Crippen molar-refractivity contribution in [2.45, 2.75) is 82.8 Å². The SMILES string of the molecule is CN(CCNC(=O)CC1=C2CCCCC2N(Cc2ccc(F)cc2)C1=O)C1CCCCC1. The van der Waals surface area contributed by atoms with Crippen molar-refractivity contribution in [1.82, 2.24) is 15.1 Å². The molecule has 0 bridgehead atoms. The summed E-state index contributed by atoms with van der Waals surface area (Å²) in [4.78, 5) is 30.2. The number of carbonyl (C=O) groups excluding carboxylic acids is 2. The molecule has 1 atom stereocenters. The predicted octanol–water partition coefficient (Wildman–Crippen LogP) is 4.18. The van der Waals surface area contributed by atoms with Gasteiger partial charge in [-0.05, 0) is 62.4 Å². The second kappa shape index (κ2) is 10.6. The summed E-state index contributed by atoms with van der Waals surface area (Å²) in [5.74, 6) is -0.360. The molecule has 5 nitrogen and oxygen atoms in total. The van der Waals surface area contributed by atoms with Crippen LogP contribution in [-0.4, -0.2) is 53.8 Å². The lowest BCUT2D eigenvalue weighted by atomic mass is 9.88. The van der Waals surface area contributed by atoms with Crippen LogP contribution in [-0.2, 0) is 16.1 Å². The van der Waals surface area contributed by atoms with Crippen LogP contribution in [0, 0.1) is 5.82 Å². The van der Waals surface area contributed by atoms with Gasteiger partial charge in [0.2, 0.25) is 5.91 Å². The Bertz CT molecular complexity index is 845. The quantitative estimate of drug-likeness (QED) is 0.659. The van der Waals surface area contributed by atoms with Gasteiger partial charge in [-0.1, -0.05) is 37.8 Å². The monoisotopic (exact) mass is 441 g/mol. The number of nitrogens with one attached hydrogen (secondary N) is 1. The van der Waals surface area contributed by atoms with Crippen molar-refractivity contribution >= 4 is 11.8 Å². The summed E-state index contributed by atoms with van der Waals surface area (Å²) >= 11 is 0. The highest BCUT2D eigenvalue weighted by atomic mass is 19.1. The predicted molar refractivity (Wildman–Crippen MR) is 123 cm³/mol. The van der Waals surface area contributed by atoms with Gasteiger partial charge in [-0.25, -0.2) is 4.39 Å². The smallest absolute Gasteiger partial charge is 0.251 e. The maximum absolute atomic E-state index is 13.3. The number of hydrogen-bond acceptors (Lipinski definition) is 3. The molecule has 2 aliphatic carbocycles. The van der Waals surface area contributed by atoms with Crippen molar-refractivity contribution in [3.8, 4) is 0 Å². The van der Waals surface area contributed by atoms with E-state index in [1.165, 1.54) is 44.2 Å². The van der Waals surface area contributed by atoms with Crippen LogP contribution in [0.4, 0.5) is 4.39 Å². The highest BCUT2D eigenvalue weighted by molar-refractivity contribution is 6.02. The molecule has 0 spiro atoms. The Morgan fingerprint density at radius 3 is 2.56 bits per heavy atom. The van der Waals surface area contributed by atoms with E-state index in [4.69, 9.17) is 0 Å². The minimum atomic E-state index is -0.274. The van der Waals surface area contributed by atoms with E-state index in [0.29, 0.717) is 24.7 Å². The molecule has 0 aromatic heterocycles. The lowest BCUT2D eigenvalue weighted by Gasteiger charge is -2.31. The molecule has 1 N–H and O–H groups in total. The Morgan fingerprint density at radius 1 is 1.09 bits per heavy atom. The van der Waals surface area contributed by atoms with E-state index in [-0.39, 0.29) is 30.1 Å². The van der Waals surface area contributed by atoms with Crippen molar-refractivity contribution in [1.29, 1.82) is 0 Å². The summed E-state index contributed by atoms with van der Waals surface area (Å²) in [5.41, 5.74) is 2.76. The molecule has 6 heteroatoms. The van der Waals surface area contributed by atoms with E-state index in [2.05, 4.69) is 17.3 Å². The Hall–Kier alpha value is -2.21. The molecule has 3 aliphatic rings. The number of halogens is 1. The Labute approximate surface area is 191 Å². The zero-order valence-electron chi connectivity index (χ0n) is 19.2. The third kappa shape index (κ3) is 5.40. The Morgan fingerprint density at radius 2 is 1.81 bits per heavy atom. The topological polar surface area (TPSA) is 52.7 Å². The van der Waals surface area contributed by atoms with Crippen molar-refractivity contribution in [3.05, 3.63) is 46.8 Å². The number of fused-ring (bicyclic) bond motifs is 1. The first-order chi connectivity index (χ1) is 15.5. The summed E-state index contributed by atoms with van der Waals surface area (Å²) in [5, 5.41) is 3.04. The maximum Gasteiger partial charge on any atom is 0.251 e. The summed E-state index contributed by atoms with van der Waals surface area (Å²) < 4.78 is 13.3. The lowest BCUT2D eigenvalue weighted by molar-refractivity contribution is -0.129. The van der Waals surface area contributed by atoms with Crippen LogP contribution < -0.4 is 5.32 Å². The number of nitrogens with zero attached hydrogens (tertiary/aromatic N) is 2. The van der Waals surface area contributed by atoms with Gasteiger partial charge in [0.15, 0.2) is 0 Å². The van der Waals surface area contributed by atoms with Gasteiger partial charge in [-0.15, -0.1) is 0 Å². The molecule has 4 rings (SSSR count). The average Bonchev–Trinajstić information content (AvgIpc) is 3.07. The fourth-order valence-corrected chi connectivity index (χ4v) is 5.60. The van der Waals surface area contributed by atoms with Crippen LogP contribution in [0.15, 0.2) is 35.4 Å². The molecule has 32 heavy (non-hydrogen) atoms. The van der Waals surface area contributed by atoms with Gasteiger partial charge in [0.1, 0.15) is 5.82 Å². The minimum Gasteiger partial charge on any atom is -0.355 e. The third-order valence-electron chi connectivity index (χ3n) is 7.45. The second-order valence-electron chi connectivity index (χ2n) is 9.62. The molecule has 1 unspecified atom stereocenters. The normalized spacial score (nSPS) is 21.9. The second-order valence-corrected chi connectivity index (χ2v) is 9.62. The van der Waals surface area contributed by atoms with E-state index in [0.717, 1.165) is 43.4 Å². The van der Waals surface area contributed by atoms with Crippen molar-refractivity contribution in [3.63, 3.8) is 0 Å². The summed E-state index contributed by atoms with van der Waals surface area (Å²) in [6, 6.07) is 7.05. The van der Waals surface area contributed by atoms with Crippen LogP contribution in [0.5, 0.6) is 0 Å². The van der Waals surface area contributed by atoms with E-state index in [1.54, 1.807) is 12.1 Å². The molecular formula is C26H36FN3O2. The lowest BCUT2D eigenvalue weighted by Crippen LogP contribution is -2.39. The number of amides is 2. The van der Waals surface area contributed by atoms with Crippen LogP contribution in [0.1, 0.15) is 69.8 Å². The van der Waals surface area contributed by atoms with Gasteiger partial charge in [-0.2, -0.15) is 0 Å². The molecular weight excluding hydrogens is 405 g/mol. The Balaban J connectivity index is 1.33. The summed E-state index contributed by atoms with van der Waals surface area (Å²) in [6.45, 7) is 1.92. The van der Waals surface area contributed by atoms with Gasteiger partial charge in [0, 0.05) is 31.2 Å². The maximum atomic E-state index is 13.3. The van der Waals surface area contributed by atoms with Gasteiger partial charge in [-0.3, -0.25) is 9.59 Å². The standard InChI is InChI=1S/C26H36FN3O2/c1-29(21-7-3-2-4-8-21)16-15-28-25(31)17-23-22-9-5-6-10-24(22)30(26(23)32)18-19-11-13-20(27)14-12-19/h11-14,21,24H,2-10,15-18H2,1H3,(H,28,31). The number of benzene rings is 1. The molecule has 2 fully saturated rings. The van der Waals surface area contributed by atoms with E-state index in [9.17, 15) is 14.0 Å². The Kier molecular flexibility index (Phi) is 7.61. The minimum absolute atomic E-state index is 0.0225. The van der Waals surface area contributed by atoms with Crippen LogP contribution in [0.2, 0.25) is 0 Å². The molecule has 174 valence electrons. The molecule has 0 saturated heterocycles. The van der Waals surface area contributed by atoms with Crippen molar-refractivity contribution in [2.24, 2.45) is 0 Å². The van der Waals surface area contributed by atoms with E-state index < -0.39 is 0 Å². The van der Waals surface area contributed by atoms with Gasteiger partial charge >= 0.3 is 0 Å². The molecule has 1 heterocycles. The molecule has 1 aromatic carbocycles. The molecule has 2 amide bonds. The number of rotatable bonds is 8. The largest absolute Gasteiger partial charge is 0.355 e. The highest BCUT2D eigenvalue weighted by Gasteiger charge is 2.40. The fraction of sp³-hybridized carbons (Fsp3) is 0.615. The first-order valence-corrected chi connectivity index (χ1v) is 12.3. The molecule has 0 radical (unpaired) electrons. The van der Waals surface area contributed by atoms with Crippen LogP contribution >= 0.6 is 0 Å². The van der Waals surface area contributed by atoms with Crippen molar-refractivity contribution in [2.75, 3.05) is 20.1 Å². The first kappa shape index (κ1) is 23.0. The fourth-order valence-electron chi connectivity index (χ4n) is 5.60. The average molecular weight is 442 g/mol. The summed E-state index contributed by atoms with van der Waals surface area (Å²) in [7, 11) is 2.15. The zero-order chi connectivity index (χ0) is 22.5. The number of likely N-dealkylation sites (N-methyl/N-ethyl adjacent to an activating group) is 1. The number of carbonyl (C=O) groups is 2. The summed E-state index contributed by atoms with van der Waals surface area (Å²) in [6.07, 6.45) is 10.6. The first-order valence-electron chi connectivity index (χ1n) is 12.3. The zero-order valence-corrected chi connectivity index (χ0v) is 19.2. The third-order valence-corrected chi connectivity index (χ3v) is 7.45. The van der Waals surface area contributed by atoms with Gasteiger partial charge < -0.3 is 15.1 Å². The highest BCUT2D eigenvalue weighted by Crippen LogP contribution is 2.38. The van der Waals surface area contributed by atoms with Crippen LogP contribution in [0.3, 0.4) is 0 Å². The van der Waals surface area contributed by atoms with Crippen LogP contribution in [0.25, 0.3) is 0 Å².